The molecule has 4 rings (SSSR count). The lowest BCUT2D eigenvalue weighted by Gasteiger charge is -2.23. The summed E-state index contributed by atoms with van der Waals surface area (Å²) < 4.78 is 70.7. The number of rotatable bonds is 6. The first-order chi connectivity index (χ1) is 14.2. The van der Waals surface area contributed by atoms with Crippen LogP contribution in [0.25, 0.3) is 11.5 Å². The second-order valence-electron chi connectivity index (χ2n) is 7.13. The topological polar surface area (TPSA) is 76.3 Å². The van der Waals surface area contributed by atoms with E-state index in [1.807, 2.05) is 12.1 Å². The molecule has 0 atom stereocenters. The van der Waals surface area contributed by atoms with Crippen LogP contribution >= 0.6 is 0 Å². The van der Waals surface area contributed by atoms with Crippen LogP contribution in [0.4, 0.5) is 18.9 Å². The predicted molar refractivity (Wildman–Crippen MR) is 104 cm³/mol. The second-order valence-corrected chi connectivity index (χ2v) is 9.04. The third-order valence-corrected chi connectivity index (χ3v) is 6.15. The average molecular weight is 437 g/mol. The number of anilines is 1. The molecule has 0 N–H and O–H groups in total. The summed E-state index contributed by atoms with van der Waals surface area (Å²) in [5.41, 5.74) is 3.02. The van der Waals surface area contributed by atoms with Crippen LogP contribution in [-0.4, -0.2) is 24.9 Å². The minimum Gasteiger partial charge on any atom is -0.415 e. The maximum atomic E-state index is 14.7. The van der Waals surface area contributed by atoms with E-state index >= 15 is 0 Å². The quantitative estimate of drug-likeness (QED) is 0.576. The summed E-state index contributed by atoms with van der Waals surface area (Å²) in [7, 11) is -3.68. The summed E-state index contributed by atoms with van der Waals surface area (Å²) in [6.07, 6.45) is 1.02. The van der Waals surface area contributed by atoms with Crippen LogP contribution in [-0.2, 0) is 29.4 Å². The van der Waals surface area contributed by atoms with E-state index in [2.05, 4.69) is 10.2 Å². The first-order valence-electron chi connectivity index (χ1n) is 9.22. The number of hydrogen-bond donors (Lipinski definition) is 0. The monoisotopic (exact) mass is 437 g/mol. The van der Waals surface area contributed by atoms with Gasteiger partial charge in [0, 0.05) is 11.1 Å². The number of aryl methyl sites for hydroxylation is 2. The highest BCUT2D eigenvalue weighted by Crippen LogP contribution is 2.30. The largest absolute Gasteiger partial charge is 0.415 e. The highest BCUT2D eigenvalue weighted by molar-refractivity contribution is 7.92. The number of aromatic nitrogens is 2. The normalized spacial score (nSPS) is 13.6. The summed E-state index contributed by atoms with van der Waals surface area (Å²) in [4.78, 5) is 0. The first kappa shape index (κ1) is 20.4. The molecule has 0 saturated heterocycles. The van der Waals surface area contributed by atoms with E-state index in [1.54, 1.807) is 6.07 Å². The molecule has 30 heavy (non-hydrogen) atoms. The van der Waals surface area contributed by atoms with Crippen molar-refractivity contribution in [3.63, 3.8) is 0 Å². The zero-order valence-electron chi connectivity index (χ0n) is 16.0. The summed E-state index contributed by atoms with van der Waals surface area (Å²) in [5, 5.41) is 6.71. The van der Waals surface area contributed by atoms with E-state index in [4.69, 9.17) is 4.42 Å². The maximum absolute atomic E-state index is 14.7. The molecule has 1 aromatic heterocycles. The number of alkyl halides is 2. The Kier molecular flexibility index (Phi) is 5.27. The number of sulfonamides is 1. The van der Waals surface area contributed by atoms with Gasteiger partial charge in [0.05, 0.1) is 18.5 Å². The number of halogens is 3. The van der Waals surface area contributed by atoms with Crippen molar-refractivity contribution >= 4 is 15.7 Å². The molecule has 158 valence electrons. The highest BCUT2D eigenvalue weighted by Gasteiger charge is 2.23. The van der Waals surface area contributed by atoms with E-state index in [0.717, 1.165) is 41.5 Å². The Bertz CT molecular complexity index is 1200. The Morgan fingerprint density at radius 2 is 1.87 bits per heavy atom. The standard InChI is InChI=1S/C20H18F3N3O3S/c1-30(27,28)26(16-8-7-12-3-2-4-13(12)9-16)11-15-6-5-14(10-17(15)21)19-24-25-20(29-19)18(22)23/h5-10,18H,2-4,11H2,1H3. The molecule has 0 spiro atoms. The van der Waals surface area contributed by atoms with Gasteiger partial charge in [0.25, 0.3) is 5.89 Å². The van der Waals surface area contributed by atoms with E-state index in [0.29, 0.717) is 5.69 Å². The highest BCUT2D eigenvalue weighted by atomic mass is 32.2. The Labute approximate surface area is 171 Å². The van der Waals surface area contributed by atoms with Crippen molar-refractivity contribution in [2.24, 2.45) is 0 Å². The van der Waals surface area contributed by atoms with Crippen LogP contribution in [0.1, 0.15) is 35.4 Å². The Morgan fingerprint density at radius 1 is 1.10 bits per heavy atom. The lowest BCUT2D eigenvalue weighted by atomic mass is 10.1. The molecule has 0 bridgehead atoms. The van der Waals surface area contributed by atoms with Gasteiger partial charge in [0.15, 0.2) is 0 Å². The van der Waals surface area contributed by atoms with Crippen LogP contribution in [0.15, 0.2) is 40.8 Å². The van der Waals surface area contributed by atoms with Crippen molar-refractivity contribution in [1.29, 1.82) is 0 Å². The van der Waals surface area contributed by atoms with Gasteiger partial charge in [0.1, 0.15) is 5.82 Å². The molecular weight excluding hydrogens is 419 g/mol. The van der Waals surface area contributed by atoms with Crippen molar-refractivity contribution in [2.45, 2.75) is 32.2 Å². The minimum absolute atomic E-state index is 0.123. The van der Waals surface area contributed by atoms with Gasteiger partial charge in [-0.3, -0.25) is 4.31 Å². The third-order valence-electron chi connectivity index (χ3n) is 5.01. The fourth-order valence-electron chi connectivity index (χ4n) is 3.52. The van der Waals surface area contributed by atoms with Gasteiger partial charge in [-0.15, -0.1) is 10.2 Å². The van der Waals surface area contributed by atoms with Gasteiger partial charge in [-0.05, 0) is 54.7 Å². The SMILES string of the molecule is CS(=O)(=O)N(Cc1ccc(-c2nnc(C(F)F)o2)cc1F)c1ccc2c(c1)CCC2. The van der Waals surface area contributed by atoms with Gasteiger partial charge in [0.2, 0.25) is 15.9 Å². The Balaban J connectivity index is 1.63. The second kappa shape index (κ2) is 7.75. The Morgan fingerprint density at radius 3 is 2.53 bits per heavy atom. The average Bonchev–Trinajstić information content (AvgIpc) is 3.35. The minimum atomic E-state index is -3.68. The lowest BCUT2D eigenvalue weighted by molar-refractivity contribution is 0.116. The predicted octanol–water partition coefficient (Wildman–Crippen LogP) is 4.27. The van der Waals surface area contributed by atoms with E-state index in [9.17, 15) is 21.6 Å². The van der Waals surface area contributed by atoms with Gasteiger partial charge >= 0.3 is 6.43 Å². The van der Waals surface area contributed by atoms with Crippen molar-refractivity contribution < 1.29 is 26.0 Å². The summed E-state index contributed by atoms with van der Waals surface area (Å²) in [6.45, 7) is -0.212. The van der Waals surface area contributed by atoms with Crippen LogP contribution in [0.5, 0.6) is 0 Å². The van der Waals surface area contributed by atoms with E-state index in [1.165, 1.54) is 17.7 Å². The summed E-state index contributed by atoms with van der Waals surface area (Å²) in [5.74, 6) is -1.80. The molecule has 0 saturated carbocycles. The van der Waals surface area contributed by atoms with Crippen LogP contribution in [0, 0.1) is 5.82 Å². The molecule has 1 heterocycles. The van der Waals surface area contributed by atoms with Gasteiger partial charge < -0.3 is 4.42 Å². The molecule has 0 amide bonds. The lowest BCUT2D eigenvalue weighted by Crippen LogP contribution is -2.29. The number of fused-ring (bicyclic) bond motifs is 1. The van der Waals surface area contributed by atoms with E-state index in [-0.39, 0.29) is 23.6 Å². The molecule has 3 aromatic rings. The van der Waals surface area contributed by atoms with Crippen molar-refractivity contribution in [3.05, 3.63) is 64.8 Å². The molecule has 0 radical (unpaired) electrons. The van der Waals surface area contributed by atoms with Crippen molar-refractivity contribution in [3.8, 4) is 11.5 Å². The molecule has 1 aliphatic rings. The van der Waals surface area contributed by atoms with Crippen molar-refractivity contribution in [2.75, 3.05) is 10.6 Å². The fraction of sp³-hybridized carbons (Fsp3) is 0.300. The van der Waals surface area contributed by atoms with Crippen molar-refractivity contribution in [1.82, 2.24) is 10.2 Å². The molecule has 2 aromatic carbocycles. The summed E-state index contributed by atoms with van der Waals surface area (Å²) >= 11 is 0. The molecule has 0 unspecified atom stereocenters. The maximum Gasteiger partial charge on any atom is 0.314 e. The van der Waals surface area contributed by atoms with Gasteiger partial charge in [-0.1, -0.05) is 12.1 Å². The molecule has 10 heteroatoms. The smallest absolute Gasteiger partial charge is 0.314 e. The van der Waals surface area contributed by atoms with Gasteiger partial charge in [-0.25, -0.2) is 12.8 Å². The molecule has 1 aliphatic carbocycles. The molecule has 0 aliphatic heterocycles. The van der Waals surface area contributed by atoms with Crippen LogP contribution < -0.4 is 4.31 Å². The van der Waals surface area contributed by atoms with E-state index < -0.39 is 28.2 Å². The summed E-state index contributed by atoms with van der Waals surface area (Å²) in [6, 6.07) is 9.32. The number of hydrogen-bond acceptors (Lipinski definition) is 5. The Hall–Kier alpha value is -2.88. The van der Waals surface area contributed by atoms with Gasteiger partial charge in [-0.2, -0.15) is 8.78 Å². The van der Waals surface area contributed by atoms with Crippen LogP contribution in [0.3, 0.4) is 0 Å². The zero-order chi connectivity index (χ0) is 21.5. The number of nitrogens with zero attached hydrogens (tertiary/aromatic N) is 3. The number of benzene rings is 2. The van der Waals surface area contributed by atoms with Crippen LogP contribution in [0.2, 0.25) is 0 Å². The zero-order valence-corrected chi connectivity index (χ0v) is 16.8. The molecular formula is C20H18F3N3O3S. The molecule has 6 nitrogen and oxygen atoms in total. The first-order valence-corrected chi connectivity index (χ1v) is 11.1. The molecule has 0 fully saturated rings. The fourth-order valence-corrected chi connectivity index (χ4v) is 4.39. The third kappa shape index (κ3) is 4.04.